The van der Waals surface area contributed by atoms with Crippen LogP contribution in [0.3, 0.4) is 0 Å². The Labute approximate surface area is 78.3 Å². The zero-order valence-electron chi connectivity index (χ0n) is 7.88. The molecule has 0 aliphatic heterocycles. The van der Waals surface area contributed by atoms with Gasteiger partial charge in [0, 0.05) is 0 Å². The molecule has 75 valence electrons. The summed E-state index contributed by atoms with van der Waals surface area (Å²) in [7, 11) is 0. The van der Waals surface area contributed by atoms with E-state index < -0.39 is 12.0 Å². The highest BCUT2D eigenvalue weighted by molar-refractivity contribution is 5.73. The number of aliphatic carboxylic acids is 1. The van der Waals surface area contributed by atoms with Crippen LogP contribution in [-0.4, -0.2) is 29.9 Å². The fourth-order valence-electron chi connectivity index (χ4n) is 0.981. The van der Waals surface area contributed by atoms with Crippen LogP contribution in [0.25, 0.3) is 0 Å². The van der Waals surface area contributed by atoms with Crippen LogP contribution in [-0.2, 0) is 9.59 Å². The SMILES string of the molecule is CCCCCN[C@H]([C]=O)CC(=O)O. The average molecular weight is 186 g/mol. The highest BCUT2D eigenvalue weighted by Crippen LogP contribution is 1.93. The molecule has 0 aliphatic rings. The van der Waals surface area contributed by atoms with Gasteiger partial charge in [-0.25, -0.2) is 0 Å². The van der Waals surface area contributed by atoms with Crippen molar-refractivity contribution in [2.45, 2.75) is 38.6 Å². The lowest BCUT2D eigenvalue weighted by Gasteiger charge is -2.08. The van der Waals surface area contributed by atoms with Gasteiger partial charge in [0.15, 0.2) is 0 Å². The third-order valence-electron chi connectivity index (χ3n) is 1.69. The van der Waals surface area contributed by atoms with Gasteiger partial charge < -0.3 is 10.4 Å². The van der Waals surface area contributed by atoms with Crippen molar-refractivity contribution in [1.29, 1.82) is 0 Å². The Bertz CT molecular complexity index is 159. The molecule has 1 atom stereocenters. The third kappa shape index (κ3) is 7.46. The molecule has 0 fully saturated rings. The molecule has 0 rings (SSSR count). The van der Waals surface area contributed by atoms with E-state index >= 15 is 0 Å². The number of carboxylic acids is 1. The van der Waals surface area contributed by atoms with Crippen molar-refractivity contribution < 1.29 is 14.7 Å². The molecule has 0 saturated heterocycles. The lowest BCUT2D eigenvalue weighted by Crippen LogP contribution is -2.33. The predicted octanol–water partition coefficient (Wildman–Crippen LogP) is 0.719. The maximum Gasteiger partial charge on any atom is 0.305 e. The Kier molecular flexibility index (Phi) is 7.20. The second-order valence-electron chi connectivity index (χ2n) is 2.93. The van der Waals surface area contributed by atoms with E-state index in [1.165, 1.54) is 0 Å². The van der Waals surface area contributed by atoms with Gasteiger partial charge in [-0.15, -0.1) is 0 Å². The standard InChI is InChI=1S/C9H16NO3/c1-2-3-4-5-10-8(7-11)6-9(12)13/h8,10H,2-6H2,1H3,(H,12,13)/t8-/m0/s1. The van der Waals surface area contributed by atoms with Crippen molar-refractivity contribution in [1.82, 2.24) is 5.32 Å². The highest BCUT2D eigenvalue weighted by atomic mass is 16.4. The van der Waals surface area contributed by atoms with Crippen LogP contribution < -0.4 is 5.32 Å². The fraction of sp³-hybridized carbons (Fsp3) is 0.778. The van der Waals surface area contributed by atoms with Gasteiger partial charge in [-0.3, -0.25) is 9.59 Å². The zero-order valence-corrected chi connectivity index (χ0v) is 7.88. The van der Waals surface area contributed by atoms with E-state index in [4.69, 9.17) is 5.11 Å². The minimum Gasteiger partial charge on any atom is -0.481 e. The summed E-state index contributed by atoms with van der Waals surface area (Å²) in [6.45, 7) is 2.77. The fourth-order valence-corrected chi connectivity index (χ4v) is 0.981. The molecule has 2 N–H and O–H groups in total. The van der Waals surface area contributed by atoms with Crippen LogP contribution in [0.2, 0.25) is 0 Å². The Morgan fingerprint density at radius 3 is 2.69 bits per heavy atom. The van der Waals surface area contributed by atoms with Crippen molar-refractivity contribution in [3.05, 3.63) is 0 Å². The maximum atomic E-state index is 10.3. The summed E-state index contributed by atoms with van der Waals surface area (Å²) in [6.07, 6.45) is 4.65. The van der Waals surface area contributed by atoms with Gasteiger partial charge >= 0.3 is 5.97 Å². The van der Waals surface area contributed by atoms with Gasteiger partial charge in [0.25, 0.3) is 0 Å². The molecular formula is C9H16NO3. The Morgan fingerprint density at radius 1 is 1.54 bits per heavy atom. The minimum absolute atomic E-state index is 0.185. The number of hydrogen-bond acceptors (Lipinski definition) is 3. The Hall–Kier alpha value is -0.900. The van der Waals surface area contributed by atoms with Crippen LogP contribution >= 0.6 is 0 Å². The van der Waals surface area contributed by atoms with Crippen LogP contribution in [0.4, 0.5) is 0 Å². The van der Waals surface area contributed by atoms with Crippen LogP contribution in [0, 0.1) is 0 Å². The zero-order chi connectivity index (χ0) is 10.1. The summed E-state index contributed by atoms with van der Waals surface area (Å²) in [5.74, 6) is -0.976. The molecule has 0 aromatic heterocycles. The monoisotopic (exact) mass is 186 g/mol. The molecule has 0 bridgehead atoms. The summed E-state index contributed by atoms with van der Waals surface area (Å²) < 4.78 is 0. The van der Waals surface area contributed by atoms with Gasteiger partial charge in [0.1, 0.15) is 0 Å². The molecule has 0 saturated carbocycles. The molecular weight excluding hydrogens is 170 g/mol. The molecule has 0 heterocycles. The highest BCUT2D eigenvalue weighted by Gasteiger charge is 2.11. The van der Waals surface area contributed by atoms with Crippen LogP contribution in [0.15, 0.2) is 0 Å². The smallest absolute Gasteiger partial charge is 0.305 e. The quantitative estimate of drug-likeness (QED) is 0.548. The molecule has 0 spiro atoms. The second kappa shape index (κ2) is 7.73. The van der Waals surface area contributed by atoms with E-state index in [0.717, 1.165) is 19.3 Å². The van der Waals surface area contributed by atoms with Gasteiger partial charge in [0.2, 0.25) is 6.29 Å². The van der Waals surface area contributed by atoms with Crippen LogP contribution in [0.5, 0.6) is 0 Å². The number of rotatable bonds is 8. The molecule has 0 aromatic rings. The van der Waals surface area contributed by atoms with Gasteiger partial charge in [0.05, 0.1) is 12.5 Å². The van der Waals surface area contributed by atoms with E-state index in [1.54, 1.807) is 6.29 Å². The van der Waals surface area contributed by atoms with Gasteiger partial charge in [-0.1, -0.05) is 19.8 Å². The van der Waals surface area contributed by atoms with E-state index in [-0.39, 0.29) is 6.42 Å². The predicted molar refractivity (Wildman–Crippen MR) is 49.3 cm³/mol. The molecule has 0 aliphatic carbocycles. The third-order valence-corrected chi connectivity index (χ3v) is 1.69. The topological polar surface area (TPSA) is 66.4 Å². The number of unbranched alkanes of at least 4 members (excludes halogenated alkanes) is 2. The van der Waals surface area contributed by atoms with Gasteiger partial charge in [-0.05, 0) is 13.0 Å². The maximum absolute atomic E-state index is 10.3. The molecule has 4 heteroatoms. The van der Waals surface area contributed by atoms with E-state index in [2.05, 4.69) is 12.2 Å². The summed E-state index contributed by atoms with van der Waals surface area (Å²) in [5, 5.41) is 11.2. The average Bonchev–Trinajstić information content (AvgIpc) is 2.09. The van der Waals surface area contributed by atoms with Crippen molar-refractivity contribution in [3.8, 4) is 0 Å². The van der Waals surface area contributed by atoms with Crippen molar-refractivity contribution in [2.75, 3.05) is 6.54 Å². The first-order valence-corrected chi connectivity index (χ1v) is 4.53. The molecule has 0 aromatic carbocycles. The van der Waals surface area contributed by atoms with Crippen molar-refractivity contribution in [2.24, 2.45) is 0 Å². The molecule has 0 amide bonds. The number of hydrogen-bond donors (Lipinski definition) is 2. The van der Waals surface area contributed by atoms with E-state index in [0.29, 0.717) is 6.54 Å². The number of carbonyl (C=O) groups is 1. The summed E-state index contributed by atoms with van der Waals surface area (Å²) in [6, 6.07) is -0.658. The molecule has 4 nitrogen and oxygen atoms in total. The Morgan fingerprint density at radius 2 is 2.23 bits per heavy atom. The molecule has 13 heavy (non-hydrogen) atoms. The first-order chi connectivity index (χ1) is 6.20. The Balaban J connectivity index is 3.48. The number of carbonyl (C=O) groups excluding carboxylic acids is 1. The summed E-state index contributed by atoms with van der Waals surface area (Å²) in [4.78, 5) is 20.5. The largest absolute Gasteiger partial charge is 0.481 e. The first-order valence-electron chi connectivity index (χ1n) is 4.53. The van der Waals surface area contributed by atoms with E-state index in [1.807, 2.05) is 0 Å². The minimum atomic E-state index is -0.976. The normalized spacial score (nSPS) is 12.4. The molecule has 0 unspecified atom stereocenters. The summed E-state index contributed by atoms with van der Waals surface area (Å²) in [5.41, 5.74) is 0. The summed E-state index contributed by atoms with van der Waals surface area (Å²) >= 11 is 0. The second-order valence-corrected chi connectivity index (χ2v) is 2.93. The van der Waals surface area contributed by atoms with Crippen LogP contribution in [0.1, 0.15) is 32.6 Å². The molecule has 1 radical (unpaired) electrons. The first kappa shape index (κ1) is 12.1. The number of nitrogens with one attached hydrogen (secondary N) is 1. The van der Waals surface area contributed by atoms with Crippen molar-refractivity contribution >= 4 is 12.3 Å². The van der Waals surface area contributed by atoms with Gasteiger partial charge in [-0.2, -0.15) is 0 Å². The van der Waals surface area contributed by atoms with Crippen molar-refractivity contribution in [3.63, 3.8) is 0 Å². The van der Waals surface area contributed by atoms with E-state index in [9.17, 15) is 9.59 Å². The number of carboxylic acid groups (broad SMARTS) is 1. The lowest BCUT2D eigenvalue weighted by atomic mass is 10.2. The lowest BCUT2D eigenvalue weighted by molar-refractivity contribution is -0.137.